The molecular formula is C24H30N2. The third kappa shape index (κ3) is 2.87. The van der Waals surface area contributed by atoms with Crippen LogP contribution in [0.25, 0.3) is 10.9 Å². The summed E-state index contributed by atoms with van der Waals surface area (Å²) in [7, 11) is 2.26. The van der Waals surface area contributed by atoms with Gasteiger partial charge in [0.05, 0.1) is 0 Å². The van der Waals surface area contributed by atoms with Crippen LogP contribution in [0, 0.1) is 12.8 Å². The van der Waals surface area contributed by atoms with Crippen LogP contribution in [-0.4, -0.2) is 23.1 Å². The number of benzene rings is 1. The van der Waals surface area contributed by atoms with Gasteiger partial charge in [-0.3, -0.25) is 0 Å². The van der Waals surface area contributed by atoms with Crippen LogP contribution in [0.1, 0.15) is 43.0 Å². The Morgan fingerprint density at radius 1 is 1.19 bits per heavy atom. The normalized spacial score (nSPS) is 23.0. The molecule has 136 valence electrons. The van der Waals surface area contributed by atoms with Gasteiger partial charge in [-0.1, -0.05) is 42.0 Å². The van der Waals surface area contributed by atoms with Gasteiger partial charge in [0.2, 0.25) is 0 Å². The van der Waals surface area contributed by atoms with Gasteiger partial charge in [-0.15, -0.1) is 0 Å². The average molecular weight is 347 g/mol. The predicted molar refractivity (Wildman–Crippen MR) is 112 cm³/mol. The number of likely N-dealkylation sites (N-methyl/N-ethyl adjacent to an activating group) is 1. The first kappa shape index (κ1) is 17.4. The maximum atomic E-state index is 4.11. The minimum atomic E-state index is 0.539. The third-order valence-electron chi connectivity index (χ3n) is 6.00. The molecule has 0 radical (unpaired) electrons. The molecule has 2 unspecified atom stereocenters. The van der Waals surface area contributed by atoms with E-state index in [4.69, 9.17) is 0 Å². The van der Waals surface area contributed by atoms with Crippen molar-refractivity contribution in [1.29, 1.82) is 0 Å². The van der Waals surface area contributed by atoms with Crippen molar-refractivity contribution < 1.29 is 0 Å². The van der Waals surface area contributed by atoms with Crippen LogP contribution < -0.4 is 0 Å². The van der Waals surface area contributed by atoms with Gasteiger partial charge in [0.1, 0.15) is 0 Å². The lowest BCUT2D eigenvalue weighted by Gasteiger charge is -2.38. The van der Waals surface area contributed by atoms with Gasteiger partial charge in [0.15, 0.2) is 0 Å². The van der Waals surface area contributed by atoms with Crippen LogP contribution in [0.2, 0.25) is 0 Å². The Morgan fingerprint density at radius 3 is 2.73 bits per heavy atom. The Morgan fingerprint density at radius 2 is 2.00 bits per heavy atom. The van der Waals surface area contributed by atoms with E-state index >= 15 is 0 Å². The molecule has 26 heavy (non-hydrogen) atoms. The van der Waals surface area contributed by atoms with Crippen molar-refractivity contribution in [2.75, 3.05) is 13.6 Å². The van der Waals surface area contributed by atoms with Gasteiger partial charge >= 0.3 is 0 Å². The minimum absolute atomic E-state index is 0.539. The Bertz CT molecular complexity index is 921. The number of allylic oxidation sites excluding steroid dienone is 5. The van der Waals surface area contributed by atoms with Crippen LogP contribution in [0.5, 0.6) is 0 Å². The van der Waals surface area contributed by atoms with Crippen molar-refractivity contribution in [3.8, 4) is 0 Å². The first-order chi connectivity index (χ1) is 12.5. The zero-order valence-electron chi connectivity index (χ0n) is 16.5. The Kier molecular flexibility index (Phi) is 4.40. The number of fused-ring (bicyclic) bond motifs is 3. The summed E-state index contributed by atoms with van der Waals surface area (Å²) in [6.07, 6.45) is 7.79. The fraction of sp³-hybridized carbons (Fsp3) is 0.417. The summed E-state index contributed by atoms with van der Waals surface area (Å²) in [5, 5.41) is 1.46. The summed E-state index contributed by atoms with van der Waals surface area (Å²) in [5.74, 6) is 1.15. The van der Waals surface area contributed by atoms with Gasteiger partial charge in [-0.2, -0.15) is 0 Å². The molecule has 3 heterocycles. The lowest BCUT2D eigenvalue weighted by atomic mass is 9.80. The second-order valence-corrected chi connectivity index (χ2v) is 8.44. The number of rotatable bonds is 3. The zero-order chi connectivity index (χ0) is 18.4. The van der Waals surface area contributed by atoms with E-state index in [1.165, 1.54) is 34.0 Å². The number of hydrogen-bond donors (Lipinski definition) is 0. The molecular weight excluding hydrogens is 316 g/mol. The highest BCUT2D eigenvalue weighted by atomic mass is 15.1. The Hall–Kier alpha value is -2.06. The maximum Gasteiger partial charge on any atom is 0.0486 e. The summed E-state index contributed by atoms with van der Waals surface area (Å²) in [5.41, 5.74) is 8.65. The monoisotopic (exact) mass is 346 g/mol. The van der Waals surface area contributed by atoms with Gasteiger partial charge in [-0.25, -0.2) is 0 Å². The SMILES string of the molecule is C=C/C(=C\C=C(C)C)C1CC2CN(C)Cc3c2n(c2ccc(C)cc32)C1. The van der Waals surface area contributed by atoms with Crippen molar-refractivity contribution in [2.24, 2.45) is 5.92 Å². The standard InChI is InChI=1S/C24H30N2/c1-6-18(9-7-16(2)3)19-12-20-13-25(5)15-22-21-11-17(4)8-10-23(21)26(14-19)24(20)22/h6-11,19-20H,1,12-15H2,2-5H3/b18-9+. The van der Waals surface area contributed by atoms with E-state index in [-0.39, 0.29) is 0 Å². The van der Waals surface area contributed by atoms with E-state index in [1.807, 2.05) is 0 Å². The highest BCUT2D eigenvalue weighted by molar-refractivity contribution is 5.87. The zero-order valence-corrected chi connectivity index (χ0v) is 16.5. The summed E-state index contributed by atoms with van der Waals surface area (Å²) >= 11 is 0. The quantitative estimate of drug-likeness (QED) is 0.659. The summed E-state index contributed by atoms with van der Waals surface area (Å²) in [4.78, 5) is 2.49. The number of aromatic nitrogens is 1. The molecule has 2 heteroatoms. The molecule has 0 N–H and O–H groups in total. The molecule has 1 aromatic carbocycles. The van der Waals surface area contributed by atoms with Crippen molar-refractivity contribution in [2.45, 2.75) is 46.2 Å². The fourth-order valence-corrected chi connectivity index (χ4v) is 4.88. The van der Waals surface area contributed by atoms with E-state index in [1.54, 1.807) is 11.3 Å². The van der Waals surface area contributed by atoms with Gasteiger partial charge in [-0.05, 0) is 57.5 Å². The summed E-state index contributed by atoms with van der Waals surface area (Å²) in [6, 6.07) is 6.97. The third-order valence-corrected chi connectivity index (χ3v) is 6.00. The molecule has 2 aliphatic rings. The maximum absolute atomic E-state index is 4.11. The van der Waals surface area contributed by atoms with Crippen molar-refractivity contribution in [3.63, 3.8) is 0 Å². The van der Waals surface area contributed by atoms with Crippen molar-refractivity contribution in [1.82, 2.24) is 9.47 Å². The largest absolute Gasteiger partial charge is 0.343 e. The smallest absolute Gasteiger partial charge is 0.0486 e. The number of aryl methyl sites for hydroxylation is 1. The van der Waals surface area contributed by atoms with E-state index < -0.39 is 0 Å². The van der Waals surface area contributed by atoms with Crippen LogP contribution in [0.15, 0.2) is 54.2 Å². The highest BCUT2D eigenvalue weighted by Gasteiger charge is 2.36. The molecule has 2 aromatic rings. The molecule has 2 aliphatic heterocycles. The first-order valence-corrected chi connectivity index (χ1v) is 9.75. The molecule has 4 rings (SSSR count). The van der Waals surface area contributed by atoms with Gasteiger partial charge in [0, 0.05) is 48.1 Å². The Balaban J connectivity index is 1.85. The number of nitrogens with zero attached hydrogens (tertiary/aromatic N) is 2. The van der Waals surface area contributed by atoms with E-state index in [9.17, 15) is 0 Å². The summed E-state index contributed by atoms with van der Waals surface area (Å²) < 4.78 is 2.62. The molecule has 0 fully saturated rings. The molecule has 1 aromatic heterocycles. The lowest BCUT2D eigenvalue weighted by molar-refractivity contribution is 0.236. The van der Waals surface area contributed by atoms with Gasteiger partial charge in [0.25, 0.3) is 0 Å². The van der Waals surface area contributed by atoms with Gasteiger partial charge < -0.3 is 9.47 Å². The molecule has 0 saturated heterocycles. The minimum Gasteiger partial charge on any atom is -0.343 e. The molecule has 2 atom stereocenters. The predicted octanol–water partition coefficient (Wildman–Crippen LogP) is 5.58. The highest BCUT2D eigenvalue weighted by Crippen LogP contribution is 2.44. The van der Waals surface area contributed by atoms with Crippen LogP contribution in [0.3, 0.4) is 0 Å². The van der Waals surface area contributed by atoms with Crippen LogP contribution in [-0.2, 0) is 13.1 Å². The molecule has 0 aliphatic carbocycles. The van der Waals surface area contributed by atoms with Crippen molar-refractivity contribution in [3.05, 3.63) is 71.0 Å². The molecule has 2 nitrogen and oxygen atoms in total. The molecule has 0 spiro atoms. The number of hydrogen-bond acceptors (Lipinski definition) is 1. The van der Waals surface area contributed by atoms with E-state index in [2.05, 4.69) is 80.3 Å². The first-order valence-electron chi connectivity index (χ1n) is 9.75. The lowest BCUT2D eigenvalue weighted by Crippen LogP contribution is -2.36. The van der Waals surface area contributed by atoms with Crippen molar-refractivity contribution >= 4 is 10.9 Å². The molecule has 0 bridgehead atoms. The molecule has 0 amide bonds. The fourth-order valence-electron chi connectivity index (χ4n) is 4.88. The second-order valence-electron chi connectivity index (χ2n) is 8.44. The topological polar surface area (TPSA) is 8.17 Å². The average Bonchev–Trinajstić information content (AvgIpc) is 2.89. The second kappa shape index (κ2) is 6.59. The van der Waals surface area contributed by atoms with Crippen LogP contribution >= 0.6 is 0 Å². The van der Waals surface area contributed by atoms with E-state index in [0.717, 1.165) is 19.6 Å². The van der Waals surface area contributed by atoms with E-state index in [0.29, 0.717) is 11.8 Å². The van der Waals surface area contributed by atoms with Crippen LogP contribution in [0.4, 0.5) is 0 Å². The molecule has 0 saturated carbocycles. The summed E-state index contributed by atoms with van der Waals surface area (Å²) in [6.45, 7) is 13.9. The Labute approximate surface area is 157 Å².